The SMILES string of the molecule is NS(=O)(=O)c1ccc(OCCSc2nnc(C3CC3)n2C2CC2)cc1. The molecule has 0 saturated heterocycles. The molecule has 9 heteroatoms. The maximum Gasteiger partial charge on any atom is 0.238 e. The number of hydrogen-bond donors (Lipinski definition) is 1. The lowest BCUT2D eigenvalue weighted by atomic mass is 10.3. The number of ether oxygens (including phenoxy) is 1. The second kappa shape index (κ2) is 6.62. The van der Waals surface area contributed by atoms with E-state index in [2.05, 4.69) is 14.8 Å². The van der Waals surface area contributed by atoms with Crippen molar-refractivity contribution < 1.29 is 13.2 Å². The maximum atomic E-state index is 11.2. The van der Waals surface area contributed by atoms with Gasteiger partial charge in [0.1, 0.15) is 11.6 Å². The zero-order valence-corrected chi connectivity index (χ0v) is 15.3. The molecule has 2 aromatic rings. The Hall–Kier alpha value is -1.58. The second-order valence-electron chi connectivity index (χ2n) is 6.43. The van der Waals surface area contributed by atoms with Crippen molar-refractivity contribution in [1.29, 1.82) is 0 Å². The van der Waals surface area contributed by atoms with Gasteiger partial charge in [-0.15, -0.1) is 10.2 Å². The van der Waals surface area contributed by atoms with Crippen LogP contribution in [-0.2, 0) is 10.0 Å². The quantitative estimate of drug-likeness (QED) is 0.557. The number of primary sulfonamides is 1. The minimum absolute atomic E-state index is 0.0827. The van der Waals surface area contributed by atoms with Crippen molar-refractivity contribution in [2.45, 2.75) is 47.7 Å². The molecule has 25 heavy (non-hydrogen) atoms. The molecule has 134 valence electrons. The van der Waals surface area contributed by atoms with Gasteiger partial charge in [0.2, 0.25) is 10.0 Å². The van der Waals surface area contributed by atoms with Crippen LogP contribution in [0.3, 0.4) is 0 Å². The van der Waals surface area contributed by atoms with Crippen LogP contribution < -0.4 is 9.88 Å². The van der Waals surface area contributed by atoms with E-state index >= 15 is 0 Å². The molecule has 4 rings (SSSR count). The van der Waals surface area contributed by atoms with Gasteiger partial charge in [0.15, 0.2) is 5.16 Å². The molecular weight excluding hydrogens is 360 g/mol. The van der Waals surface area contributed by atoms with E-state index in [9.17, 15) is 8.42 Å². The van der Waals surface area contributed by atoms with Crippen LogP contribution in [0.1, 0.15) is 43.5 Å². The molecule has 1 aromatic carbocycles. The molecule has 2 aliphatic carbocycles. The van der Waals surface area contributed by atoms with E-state index < -0.39 is 10.0 Å². The summed E-state index contributed by atoms with van der Waals surface area (Å²) < 4.78 is 30.4. The van der Waals surface area contributed by atoms with Crippen LogP contribution in [0.5, 0.6) is 5.75 Å². The normalized spacial score (nSPS) is 17.6. The van der Waals surface area contributed by atoms with Gasteiger partial charge in [0.05, 0.1) is 11.5 Å². The van der Waals surface area contributed by atoms with Crippen molar-refractivity contribution in [3.63, 3.8) is 0 Å². The highest BCUT2D eigenvalue weighted by Crippen LogP contribution is 2.45. The minimum atomic E-state index is -3.67. The van der Waals surface area contributed by atoms with E-state index in [0.29, 0.717) is 24.3 Å². The third-order valence-corrected chi connectivity index (χ3v) is 6.12. The van der Waals surface area contributed by atoms with Crippen molar-refractivity contribution in [2.75, 3.05) is 12.4 Å². The number of rotatable bonds is 8. The van der Waals surface area contributed by atoms with E-state index in [-0.39, 0.29) is 4.90 Å². The molecule has 0 bridgehead atoms. The van der Waals surface area contributed by atoms with Gasteiger partial charge in [0.25, 0.3) is 0 Å². The van der Waals surface area contributed by atoms with Crippen molar-refractivity contribution in [1.82, 2.24) is 14.8 Å². The molecule has 2 fully saturated rings. The van der Waals surface area contributed by atoms with Gasteiger partial charge in [-0.2, -0.15) is 0 Å². The standard InChI is InChI=1S/C16H20N4O3S2/c17-25(21,22)14-7-5-13(6-8-14)23-9-10-24-16-19-18-15(11-1-2-11)20(16)12-3-4-12/h5-8,11-12H,1-4,9-10H2,(H2,17,21,22). The van der Waals surface area contributed by atoms with E-state index in [4.69, 9.17) is 9.88 Å². The molecule has 0 atom stereocenters. The second-order valence-corrected chi connectivity index (χ2v) is 9.05. The fraction of sp³-hybridized carbons (Fsp3) is 0.500. The number of aromatic nitrogens is 3. The summed E-state index contributed by atoms with van der Waals surface area (Å²) in [6.07, 6.45) is 4.90. The lowest BCUT2D eigenvalue weighted by Gasteiger charge is -2.09. The number of nitrogens with two attached hydrogens (primary N) is 1. The Labute approximate surface area is 151 Å². The Morgan fingerprint density at radius 2 is 1.88 bits per heavy atom. The van der Waals surface area contributed by atoms with E-state index in [1.807, 2.05) is 0 Å². The van der Waals surface area contributed by atoms with Crippen molar-refractivity contribution in [3.8, 4) is 5.75 Å². The third kappa shape index (κ3) is 3.99. The molecule has 1 aromatic heterocycles. The maximum absolute atomic E-state index is 11.2. The summed E-state index contributed by atoms with van der Waals surface area (Å²) in [6.45, 7) is 0.510. The Morgan fingerprint density at radius 3 is 2.48 bits per heavy atom. The molecule has 0 amide bonds. The molecule has 0 unspecified atom stereocenters. The molecule has 2 aliphatic rings. The van der Waals surface area contributed by atoms with Crippen LogP contribution in [0, 0.1) is 0 Å². The van der Waals surface area contributed by atoms with Gasteiger partial charge >= 0.3 is 0 Å². The van der Waals surface area contributed by atoms with Crippen molar-refractivity contribution in [2.24, 2.45) is 5.14 Å². The molecule has 7 nitrogen and oxygen atoms in total. The fourth-order valence-electron chi connectivity index (χ4n) is 2.70. The first-order valence-corrected chi connectivity index (χ1v) is 10.9. The third-order valence-electron chi connectivity index (χ3n) is 4.28. The summed E-state index contributed by atoms with van der Waals surface area (Å²) in [4.78, 5) is 0.0827. The predicted octanol–water partition coefficient (Wildman–Crippen LogP) is 2.31. The first-order valence-electron chi connectivity index (χ1n) is 8.35. The summed E-state index contributed by atoms with van der Waals surface area (Å²) in [5, 5.41) is 14.8. The number of nitrogens with zero attached hydrogens (tertiary/aromatic N) is 3. The number of sulfonamides is 1. The van der Waals surface area contributed by atoms with Crippen molar-refractivity contribution in [3.05, 3.63) is 30.1 Å². The fourth-order valence-corrected chi connectivity index (χ4v) is 4.05. The summed E-state index contributed by atoms with van der Waals surface area (Å²) in [5.41, 5.74) is 0. The molecule has 0 aliphatic heterocycles. The van der Waals surface area contributed by atoms with Crippen molar-refractivity contribution >= 4 is 21.8 Å². The molecule has 1 heterocycles. The molecule has 0 spiro atoms. The summed E-state index contributed by atoms with van der Waals surface area (Å²) in [5.74, 6) is 3.14. The molecule has 2 N–H and O–H groups in total. The van der Waals surface area contributed by atoms with Crippen LogP contribution >= 0.6 is 11.8 Å². The first kappa shape index (κ1) is 16.9. The average molecular weight is 380 g/mol. The lowest BCUT2D eigenvalue weighted by Crippen LogP contribution is -2.11. The average Bonchev–Trinajstić information content (AvgIpc) is 3.50. The monoisotopic (exact) mass is 380 g/mol. The number of thioether (sulfide) groups is 1. The van der Waals surface area contributed by atoms with Gasteiger partial charge in [-0.05, 0) is 49.9 Å². The highest BCUT2D eigenvalue weighted by atomic mass is 32.2. The van der Waals surface area contributed by atoms with Gasteiger partial charge in [-0.25, -0.2) is 13.6 Å². The van der Waals surface area contributed by atoms with Crippen LogP contribution in [0.4, 0.5) is 0 Å². The van der Waals surface area contributed by atoms with Gasteiger partial charge in [-0.3, -0.25) is 0 Å². The van der Waals surface area contributed by atoms with Gasteiger partial charge in [-0.1, -0.05) is 11.8 Å². The highest BCUT2D eigenvalue weighted by Gasteiger charge is 2.36. The lowest BCUT2D eigenvalue weighted by molar-refractivity contribution is 0.343. The zero-order chi connectivity index (χ0) is 17.4. The molecular formula is C16H20N4O3S2. The Kier molecular flexibility index (Phi) is 4.47. The molecule has 0 radical (unpaired) electrons. The smallest absolute Gasteiger partial charge is 0.238 e. The Balaban J connectivity index is 1.31. The Morgan fingerprint density at radius 1 is 1.16 bits per heavy atom. The van der Waals surface area contributed by atoms with E-state index in [0.717, 1.165) is 16.7 Å². The number of benzene rings is 1. The van der Waals surface area contributed by atoms with E-state index in [1.165, 1.54) is 37.8 Å². The highest BCUT2D eigenvalue weighted by molar-refractivity contribution is 7.99. The summed E-state index contributed by atoms with van der Waals surface area (Å²) >= 11 is 1.66. The minimum Gasteiger partial charge on any atom is -0.493 e. The summed E-state index contributed by atoms with van der Waals surface area (Å²) in [7, 11) is -3.67. The van der Waals surface area contributed by atoms with Crippen LogP contribution in [0.2, 0.25) is 0 Å². The largest absolute Gasteiger partial charge is 0.493 e. The Bertz CT molecular complexity index is 856. The summed E-state index contributed by atoms with van der Waals surface area (Å²) in [6, 6.07) is 6.71. The van der Waals surface area contributed by atoms with Crippen LogP contribution in [0.15, 0.2) is 34.3 Å². The topological polar surface area (TPSA) is 100 Å². The van der Waals surface area contributed by atoms with Gasteiger partial charge < -0.3 is 9.30 Å². The first-order chi connectivity index (χ1) is 12.0. The van der Waals surface area contributed by atoms with Crippen LogP contribution in [-0.4, -0.2) is 35.5 Å². The van der Waals surface area contributed by atoms with Crippen LogP contribution in [0.25, 0.3) is 0 Å². The van der Waals surface area contributed by atoms with Gasteiger partial charge in [0, 0.05) is 17.7 Å². The predicted molar refractivity (Wildman–Crippen MR) is 94.3 cm³/mol. The molecule has 2 saturated carbocycles. The van der Waals surface area contributed by atoms with E-state index in [1.54, 1.807) is 23.9 Å². The zero-order valence-electron chi connectivity index (χ0n) is 13.7. The number of hydrogen-bond acceptors (Lipinski definition) is 6.